The summed E-state index contributed by atoms with van der Waals surface area (Å²) in [6.45, 7) is 0.291. The lowest BCUT2D eigenvalue weighted by molar-refractivity contribution is 0.0951. The number of furan rings is 1. The Balaban J connectivity index is 1.29. The van der Waals surface area contributed by atoms with Crippen LogP contribution < -0.4 is 15.8 Å². The van der Waals surface area contributed by atoms with Crippen molar-refractivity contribution in [2.75, 3.05) is 7.11 Å². The number of pyridine rings is 1. The van der Waals surface area contributed by atoms with E-state index in [1.54, 1.807) is 55.8 Å². The van der Waals surface area contributed by atoms with Crippen LogP contribution in [0.15, 0.2) is 107 Å². The van der Waals surface area contributed by atoms with Crippen molar-refractivity contribution in [1.29, 1.82) is 0 Å². The normalized spacial score (nSPS) is 11.3. The number of hydrogen-bond donors (Lipinski definition) is 2. The average Bonchev–Trinajstić information content (AvgIpc) is 3.47. The molecule has 2 aromatic heterocycles. The van der Waals surface area contributed by atoms with Crippen LogP contribution >= 0.6 is 23.2 Å². The van der Waals surface area contributed by atoms with Gasteiger partial charge in [0.1, 0.15) is 28.8 Å². The number of rotatable bonds is 8. The van der Waals surface area contributed by atoms with Crippen LogP contribution in [0.5, 0.6) is 5.75 Å². The van der Waals surface area contributed by atoms with Gasteiger partial charge in [0.15, 0.2) is 0 Å². The van der Waals surface area contributed by atoms with Crippen molar-refractivity contribution in [3.05, 3.63) is 124 Å². The summed E-state index contributed by atoms with van der Waals surface area (Å²) >= 11 is 12.1. The van der Waals surface area contributed by atoms with Crippen LogP contribution in [-0.4, -0.2) is 23.8 Å². The van der Waals surface area contributed by atoms with Gasteiger partial charge in [-0.25, -0.2) is 4.99 Å². The number of carbonyl (C=O) groups is 1. The molecule has 9 heteroatoms. The second-order valence-electron chi connectivity index (χ2n) is 8.76. The van der Waals surface area contributed by atoms with Crippen molar-refractivity contribution in [2.45, 2.75) is 6.54 Å². The summed E-state index contributed by atoms with van der Waals surface area (Å²) in [5.74, 6) is 1.96. The van der Waals surface area contributed by atoms with E-state index in [2.05, 4.69) is 15.3 Å². The Bertz CT molecular complexity index is 1680. The Labute approximate surface area is 241 Å². The highest BCUT2D eigenvalue weighted by Crippen LogP contribution is 2.36. The molecule has 200 valence electrons. The van der Waals surface area contributed by atoms with Crippen LogP contribution in [0.25, 0.3) is 22.6 Å². The van der Waals surface area contributed by atoms with Crippen LogP contribution in [0.4, 0.5) is 5.69 Å². The molecular formula is C31H24Cl2N4O3. The molecule has 0 fully saturated rings. The zero-order valence-corrected chi connectivity index (χ0v) is 22.9. The average molecular weight is 571 g/mol. The lowest BCUT2D eigenvalue weighted by Gasteiger charge is -2.08. The SMILES string of the molecule is COc1cc(N=C(N)c2ccccn2)ccc1-c1ccc(-c2ccc(C(=O)NCc3ccc(Cl)cc3Cl)cc2)o1. The van der Waals surface area contributed by atoms with E-state index in [1.807, 2.05) is 48.5 Å². The number of aromatic nitrogens is 1. The number of benzene rings is 3. The molecule has 0 bridgehead atoms. The number of carbonyl (C=O) groups excluding carboxylic acids is 1. The fraction of sp³-hybridized carbons (Fsp3) is 0.0645. The Morgan fingerprint density at radius 2 is 1.77 bits per heavy atom. The fourth-order valence-corrected chi connectivity index (χ4v) is 4.51. The third-order valence-corrected chi connectivity index (χ3v) is 6.71. The van der Waals surface area contributed by atoms with Crippen LogP contribution in [0, 0.1) is 0 Å². The molecule has 0 aliphatic heterocycles. The van der Waals surface area contributed by atoms with Crippen molar-refractivity contribution in [3.8, 4) is 28.4 Å². The Morgan fingerprint density at radius 3 is 2.50 bits per heavy atom. The van der Waals surface area contributed by atoms with Gasteiger partial charge in [-0.05, 0) is 66.2 Å². The van der Waals surface area contributed by atoms with E-state index in [9.17, 15) is 4.79 Å². The molecule has 0 radical (unpaired) electrons. The van der Waals surface area contributed by atoms with E-state index in [0.29, 0.717) is 56.6 Å². The van der Waals surface area contributed by atoms with Crippen molar-refractivity contribution < 1.29 is 13.9 Å². The largest absolute Gasteiger partial charge is 0.496 e. The quantitative estimate of drug-likeness (QED) is 0.150. The minimum Gasteiger partial charge on any atom is -0.496 e. The van der Waals surface area contributed by atoms with Gasteiger partial charge in [0.05, 0.1) is 18.4 Å². The molecule has 1 amide bonds. The first kappa shape index (κ1) is 27.0. The number of ether oxygens (including phenoxy) is 1. The summed E-state index contributed by atoms with van der Waals surface area (Å²) in [6, 6.07) is 27.0. The number of hydrogen-bond acceptors (Lipinski definition) is 5. The molecule has 0 saturated carbocycles. The lowest BCUT2D eigenvalue weighted by Crippen LogP contribution is -2.22. The van der Waals surface area contributed by atoms with Crippen LogP contribution in [0.2, 0.25) is 10.0 Å². The Hall–Kier alpha value is -4.59. The van der Waals surface area contributed by atoms with Gasteiger partial charge in [0.2, 0.25) is 0 Å². The molecule has 5 rings (SSSR count). The molecule has 5 aromatic rings. The zero-order chi connectivity index (χ0) is 28.1. The minimum absolute atomic E-state index is 0.214. The molecule has 0 unspecified atom stereocenters. The minimum atomic E-state index is -0.214. The molecule has 7 nitrogen and oxygen atoms in total. The fourth-order valence-electron chi connectivity index (χ4n) is 4.03. The van der Waals surface area contributed by atoms with Gasteiger partial charge in [-0.15, -0.1) is 0 Å². The maximum Gasteiger partial charge on any atom is 0.251 e. The highest BCUT2D eigenvalue weighted by atomic mass is 35.5. The molecule has 3 aromatic carbocycles. The van der Waals surface area contributed by atoms with Gasteiger partial charge >= 0.3 is 0 Å². The van der Waals surface area contributed by atoms with Crippen molar-refractivity contribution >= 4 is 40.6 Å². The first-order chi connectivity index (χ1) is 19.4. The van der Waals surface area contributed by atoms with E-state index in [1.165, 1.54) is 0 Å². The number of nitrogens with zero attached hydrogens (tertiary/aromatic N) is 2. The van der Waals surface area contributed by atoms with Gasteiger partial charge in [-0.1, -0.05) is 47.5 Å². The maximum absolute atomic E-state index is 12.6. The third-order valence-electron chi connectivity index (χ3n) is 6.12. The first-order valence-electron chi connectivity index (χ1n) is 12.3. The zero-order valence-electron chi connectivity index (χ0n) is 21.4. The molecule has 3 N–H and O–H groups in total. The highest BCUT2D eigenvalue weighted by Gasteiger charge is 2.14. The molecule has 0 saturated heterocycles. The van der Waals surface area contributed by atoms with Gasteiger partial charge < -0.3 is 20.2 Å². The summed E-state index contributed by atoms with van der Waals surface area (Å²) in [7, 11) is 1.59. The van der Waals surface area contributed by atoms with Crippen LogP contribution in [-0.2, 0) is 6.54 Å². The van der Waals surface area contributed by atoms with Crippen molar-refractivity contribution in [2.24, 2.45) is 10.7 Å². The Kier molecular flexibility index (Phi) is 8.15. The van der Waals surface area contributed by atoms with E-state index in [4.69, 9.17) is 38.1 Å². The van der Waals surface area contributed by atoms with Crippen molar-refractivity contribution in [3.63, 3.8) is 0 Å². The standard InChI is InChI=1S/C31H24Cl2N4O3/c1-39-29-17-23(37-30(34)26-4-2-3-15-35-26)11-12-24(29)28-14-13-27(40-28)19-5-7-20(8-6-19)31(38)36-18-21-9-10-22(32)16-25(21)33/h2-17H,18H2,1H3,(H2,34,37)(H,36,38). The summed E-state index contributed by atoms with van der Waals surface area (Å²) < 4.78 is 11.7. The number of methoxy groups -OCH3 is 1. The van der Waals surface area contributed by atoms with E-state index in [-0.39, 0.29) is 5.91 Å². The molecule has 40 heavy (non-hydrogen) atoms. The number of halogens is 2. The first-order valence-corrected chi connectivity index (χ1v) is 13.0. The van der Waals surface area contributed by atoms with Crippen molar-refractivity contribution in [1.82, 2.24) is 10.3 Å². The number of amidine groups is 1. The maximum atomic E-state index is 12.6. The lowest BCUT2D eigenvalue weighted by atomic mass is 10.1. The van der Waals surface area contributed by atoms with Gasteiger partial charge in [-0.2, -0.15) is 0 Å². The number of nitrogens with two attached hydrogens (primary N) is 1. The van der Waals surface area contributed by atoms with Gasteiger partial charge in [-0.3, -0.25) is 9.78 Å². The third kappa shape index (κ3) is 6.17. The van der Waals surface area contributed by atoms with Gasteiger partial charge in [0.25, 0.3) is 5.91 Å². The van der Waals surface area contributed by atoms with E-state index < -0.39 is 0 Å². The Morgan fingerprint density at radius 1 is 0.975 bits per heavy atom. The highest BCUT2D eigenvalue weighted by molar-refractivity contribution is 6.35. The molecule has 0 aliphatic rings. The predicted molar refractivity (Wildman–Crippen MR) is 158 cm³/mol. The molecule has 0 spiro atoms. The molecular weight excluding hydrogens is 547 g/mol. The van der Waals surface area contributed by atoms with E-state index in [0.717, 1.165) is 16.7 Å². The number of aliphatic imine (C=N–C) groups is 1. The summed E-state index contributed by atoms with van der Waals surface area (Å²) in [5.41, 5.74) is 10.2. The topological polar surface area (TPSA) is 103 Å². The molecule has 0 atom stereocenters. The summed E-state index contributed by atoms with van der Waals surface area (Å²) in [6.07, 6.45) is 1.66. The number of amides is 1. The van der Waals surface area contributed by atoms with Crippen LogP contribution in [0.3, 0.4) is 0 Å². The monoisotopic (exact) mass is 570 g/mol. The number of nitrogens with one attached hydrogen (secondary N) is 1. The second kappa shape index (κ2) is 12.1. The van der Waals surface area contributed by atoms with Gasteiger partial charge in [0, 0.05) is 40.0 Å². The predicted octanol–water partition coefficient (Wildman–Crippen LogP) is 7.29. The summed E-state index contributed by atoms with van der Waals surface area (Å²) in [4.78, 5) is 21.3. The van der Waals surface area contributed by atoms with E-state index >= 15 is 0 Å². The molecule has 0 aliphatic carbocycles. The molecule has 2 heterocycles. The second-order valence-corrected chi connectivity index (χ2v) is 9.60. The smallest absolute Gasteiger partial charge is 0.251 e. The van der Waals surface area contributed by atoms with Crippen LogP contribution in [0.1, 0.15) is 21.6 Å². The summed E-state index contributed by atoms with van der Waals surface area (Å²) in [5, 5.41) is 3.92.